The fraction of sp³-hybridized carbons (Fsp3) is 0.632. The van der Waals surface area contributed by atoms with Gasteiger partial charge in [0.15, 0.2) is 0 Å². The predicted octanol–water partition coefficient (Wildman–Crippen LogP) is 1.63. The summed E-state index contributed by atoms with van der Waals surface area (Å²) >= 11 is 0. The SMILES string of the molecule is O=C(CN1C[C@H]2CC(Oc3ccccc3)C[C@H]2C1)N1CCOCC1. The van der Waals surface area contributed by atoms with Crippen LogP contribution in [0, 0.1) is 11.8 Å². The summed E-state index contributed by atoms with van der Waals surface area (Å²) in [7, 11) is 0. The van der Waals surface area contributed by atoms with Crippen molar-refractivity contribution in [3.05, 3.63) is 30.3 Å². The molecule has 1 unspecified atom stereocenters. The van der Waals surface area contributed by atoms with E-state index in [9.17, 15) is 4.79 Å². The highest BCUT2D eigenvalue weighted by Crippen LogP contribution is 2.39. The smallest absolute Gasteiger partial charge is 0.236 e. The topological polar surface area (TPSA) is 42.0 Å². The van der Waals surface area contributed by atoms with E-state index in [0.717, 1.165) is 44.8 Å². The van der Waals surface area contributed by atoms with E-state index < -0.39 is 0 Å². The number of carbonyl (C=O) groups is 1. The first-order valence-electron chi connectivity index (χ1n) is 9.07. The van der Waals surface area contributed by atoms with E-state index in [-0.39, 0.29) is 5.91 Å². The van der Waals surface area contributed by atoms with Crippen molar-refractivity contribution in [3.63, 3.8) is 0 Å². The summed E-state index contributed by atoms with van der Waals surface area (Å²) in [5.74, 6) is 2.59. The number of benzene rings is 1. The summed E-state index contributed by atoms with van der Waals surface area (Å²) in [6.07, 6.45) is 2.56. The largest absolute Gasteiger partial charge is 0.490 e. The molecule has 24 heavy (non-hydrogen) atoms. The molecular formula is C19H26N2O3. The van der Waals surface area contributed by atoms with Gasteiger partial charge in [0, 0.05) is 26.2 Å². The van der Waals surface area contributed by atoms with Crippen molar-refractivity contribution < 1.29 is 14.3 Å². The van der Waals surface area contributed by atoms with Crippen LogP contribution in [0.1, 0.15) is 12.8 Å². The Balaban J connectivity index is 1.24. The number of nitrogens with zero attached hydrogens (tertiary/aromatic N) is 2. The Morgan fingerprint density at radius 1 is 1.08 bits per heavy atom. The molecule has 130 valence electrons. The van der Waals surface area contributed by atoms with Crippen LogP contribution in [0.25, 0.3) is 0 Å². The number of morpholine rings is 1. The summed E-state index contributed by atoms with van der Waals surface area (Å²) in [6, 6.07) is 10.1. The monoisotopic (exact) mass is 330 g/mol. The number of rotatable bonds is 4. The summed E-state index contributed by atoms with van der Waals surface area (Å²) < 4.78 is 11.4. The Hall–Kier alpha value is -1.59. The molecule has 0 bridgehead atoms. The molecule has 2 heterocycles. The molecule has 3 fully saturated rings. The van der Waals surface area contributed by atoms with Crippen molar-refractivity contribution in [2.45, 2.75) is 18.9 Å². The highest BCUT2D eigenvalue weighted by atomic mass is 16.5. The molecule has 2 aliphatic heterocycles. The van der Waals surface area contributed by atoms with Gasteiger partial charge < -0.3 is 14.4 Å². The van der Waals surface area contributed by atoms with Gasteiger partial charge in [-0.1, -0.05) is 18.2 Å². The second-order valence-electron chi connectivity index (χ2n) is 7.23. The Bertz CT molecular complexity index is 545. The highest BCUT2D eigenvalue weighted by Gasteiger charge is 2.42. The summed E-state index contributed by atoms with van der Waals surface area (Å²) in [5, 5.41) is 0. The Labute approximate surface area is 143 Å². The van der Waals surface area contributed by atoms with Crippen molar-refractivity contribution in [2.75, 3.05) is 45.9 Å². The number of fused-ring (bicyclic) bond motifs is 1. The van der Waals surface area contributed by atoms with Crippen LogP contribution < -0.4 is 4.74 Å². The molecule has 3 atom stereocenters. The lowest BCUT2D eigenvalue weighted by Crippen LogP contribution is -2.45. The van der Waals surface area contributed by atoms with Gasteiger partial charge in [0.2, 0.25) is 5.91 Å². The fourth-order valence-electron chi connectivity index (χ4n) is 4.36. The van der Waals surface area contributed by atoms with Gasteiger partial charge in [-0.3, -0.25) is 9.69 Å². The van der Waals surface area contributed by atoms with Crippen molar-refractivity contribution in [2.24, 2.45) is 11.8 Å². The van der Waals surface area contributed by atoms with Crippen LogP contribution in [0.4, 0.5) is 0 Å². The Morgan fingerprint density at radius 3 is 2.42 bits per heavy atom. The van der Waals surface area contributed by atoms with Gasteiger partial charge in [-0.2, -0.15) is 0 Å². The second kappa shape index (κ2) is 7.11. The number of carbonyl (C=O) groups excluding carboxylic acids is 1. The van der Waals surface area contributed by atoms with Crippen LogP contribution in [0.15, 0.2) is 30.3 Å². The third kappa shape index (κ3) is 3.57. The van der Waals surface area contributed by atoms with Gasteiger partial charge in [0.1, 0.15) is 5.75 Å². The van der Waals surface area contributed by atoms with E-state index in [2.05, 4.69) is 4.90 Å². The zero-order valence-corrected chi connectivity index (χ0v) is 14.1. The molecule has 0 aromatic heterocycles. The van der Waals surface area contributed by atoms with Gasteiger partial charge in [0.05, 0.1) is 25.9 Å². The number of hydrogen-bond donors (Lipinski definition) is 0. The molecule has 1 saturated carbocycles. The van der Waals surface area contributed by atoms with Crippen molar-refractivity contribution in [1.29, 1.82) is 0 Å². The minimum atomic E-state index is 0.260. The van der Waals surface area contributed by atoms with E-state index in [4.69, 9.17) is 9.47 Å². The first kappa shape index (κ1) is 15.9. The number of para-hydroxylation sites is 1. The van der Waals surface area contributed by atoms with Crippen molar-refractivity contribution >= 4 is 5.91 Å². The highest BCUT2D eigenvalue weighted by molar-refractivity contribution is 5.78. The standard InChI is InChI=1S/C19H26N2O3/c22-19(21-6-8-23-9-7-21)14-20-12-15-10-18(11-16(15)13-20)24-17-4-2-1-3-5-17/h1-5,15-16,18H,6-14H2/t15-,16+,18?. The number of ether oxygens (including phenoxy) is 2. The second-order valence-corrected chi connectivity index (χ2v) is 7.23. The van der Waals surface area contributed by atoms with Crippen LogP contribution in [0.3, 0.4) is 0 Å². The lowest BCUT2D eigenvalue weighted by Gasteiger charge is -2.29. The molecule has 1 amide bonds. The molecule has 4 rings (SSSR count). The van der Waals surface area contributed by atoms with E-state index in [0.29, 0.717) is 37.7 Å². The van der Waals surface area contributed by atoms with E-state index in [1.54, 1.807) is 0 Å². The third-order valence-corrected chi connectivity index (χ3v) is 5.55. The minimum Gasteiger partial charge on any atom is -0.490 e. The van der Waals surface area contributed by atoms with E-state index in [1.807, 2.05) is 35.2 Å². The number of hydrogen-bond acceptors (Lipinski definition) is 4. The normalized spacial score (nSPS) is 30.3. The lowest BCUT2D eigenvalue weighted by atomic mass is 10.0. The zero-order chi connectivity index (χ0) is 16.4. The Kier molecular flexibility index (Phi) is 4.72. The number of likely N-dealkylation sites (tertiary alicyclic amines) is 1. The van der Waals surface area contributed by atoms with Crippen molar-refractivity contribution in [1.82, 2.24) is 9.80 Å². The van der Waals surface area contributed by atoms with Crippen LogP contribution in [-0.4, -0.2) is 67.7 Å². The van der Waals surface area contributed by atoms with E-state index >= 15 is 0 Å². The maximum absolute atomic E-state index is 12.4. The molecule has 2 saturated heterocycles. The minimum absolute atomic E-state index is 0.260. The summed E-state index contributed by atoms with van der Waals surface area (Å²) in [5.41, 5.74) is 0. The van der Waals surface area contributed by atoms with Crippen LogP contribution >= 0.6 is 0 Å². The maximum atomic E-state index is 12.4. The van der Waals surface area contributed by atoms with Gasteiger partial charge in [-0.25, -0.2) is 0 Å². The first-order chi connectivity index (χ1) is 11.8. The Morgan fingerprint density at radius 2 is 1.75 bits per heavy atom. The molecular weight excluding hydrogens is 304 g/mol. The molecule has 0 N–H and O–H groups in total. The quantitative estimate of drug-likeness (QED) is 0.842. The fourth-order valence-corrected chi connectivity index (χ4v) is 4.36. The first-order valence-corrected chi connectivity index (χ1v) is 9.07. The van der Waals surface area contributed by atoms with Gasteiger partial charge in [0.25, 0.3) is 0 Å². The summed E-state index contributed by atoms with van der Waals surface area (Å²) in [6.45, 7) is 5.48. The van der Waals surface area contributed by atoms with E-state index in [1.165, 1.54) is 0 Å². The molecule has 1 aliphatic carbocycles. The molecule has 1 aromatic carbocycles. The molecule has 3 aliphatic rings. The molecule has 0 radical (unpaired) electrons. The van der Waals surface area contributed by atoms with Gasteiger partial charge >= 0.3 is 0 Å². The molecule has 5 nitrogen and oxygen atoms in total. The molecule has 1 aromatic rings. The van der Waals surface area contributed by atoms with Crippen LogP contribution in [-0.2, 0) is 9.53 Å². The average Bonchev–Trinajstić information content (AvgIpc) is 3.14. The lowest BCUT2D eigenvalue weighted by molar-refractivity contribution is -0.136. The predicted molar refractivity (Wildman–Crippen MR) is 90.9 cm³/mol. The summed E-state index contributed by atoms with van der Waals surface area (Å²) in [4.78, 5) is 16.7. The zero-order valence-electron chi connectivity index (χ0n) is 14.1. The van der Waals surface area contributed by atoms with Crippen molar-refractivity contribution in [3.8, 4) is 5.75 Å². The molecule has 0 spiro atoms. The van der Waals surface area contributed by atoms with Gasteiger partial charge in [-0.05, 0) is 36.8 Å². The maximum Gasteiger partial charge on any atom is 0.236 e. The number of amides is 1. The van der Waals surface area contributed by atoms with Gasteiger partial charge in [-0.15, -0.1) is 0 Å². The third-order valence-electron chi connectivity index (χ3n) is 5.55. The van der Waals surface area contributed by atoms with Crippen LogP contribution in [0.2, 0.25) is 0 Å². The average molecular weight is 330 g/mol. The molecule has 5 heteroatoms. The van der Waals surface area contributed by atoms with Crippen LogP contribution in [0.5, 0.6) is 5.75 Å².